The van der Waals surface area contributed by atoms with Crippen molar-refractivity contribution in [3.8, 4) is 12.1 Å². The van der Waals surface area contributed by atoms with E-state index >= 15 is 0 Å². The van der Waals surface area contributed by atoms with E-state index in [-0.39, 0.29) is 5.57 Å². The van der Waals surface area contributed by atoms with Gasteiger partial charge in [0.25, 0.3) is 0 Å². The number of nitrogens with zero attached hydrogens (tertiary/aromatic N) is 3. The Morgan fingerprint density at radius 2 is 1.15 bits per heavy atom. The van der Waals surface area contributed by atoms with E-state index in [4.69, 9.17) is 0 Å². The van der Waals surface area contributed by atoms with Gasteiger partial charge in [-0.2, -0.15) is 10.5 Å². The minimum atomic E-state index is 0.0936. The summed E-state index contributed by atoms with van der Waals surface area (Å²) in [7, 11) is 0. The molecule has 0 saturated carbocycles. The summed E-state index contributed by atoms with van der Waals surface area (Å²) in [4.78, 5) is 2.20. The first-order valence-electron chi connectivity index (χ1n) is 11.0. The van der Waals surface area contributed by atoms with E-state index in [1.54, 1.807) is 0 Å². The van der Waals surface area contributed by atoms with Crippen LogP contribution in [0.15, 0.2) is 121 Å². The lowest BCUT2D eigenvalue weighted by molar-refractivity contribution is 1.28. The first-order chi connectivity index (χ1) is 16.7. The molecule has 4 rings (SSSR count). The minimum Gasteiger partial charge on any atom is -0.311 e. The lowest BCUT2D eigenvalue weighted by Gasteiger charge is -2.25. The van der Waals surface area contributed by atoms with Gasteiger partial charge >= 0.3 is 0 Å². The van der Waals surface area contributed by atoms with Gasteiger partial charge in [-0.25, -0.2) is 0 Å². The van der Waals surface area contributed by atoms with Gasteiger partial charge in [0.1, 0.15) is 17.7 Å². The molecule has 0 amide bonds. The number of para-hydroxylation sites is 2. The second-order valence-electron chi connectivity index (χ2n) is 7.81. The number of hydrogen-bond acceptors (Lipinski definition) is 3. The molecule has 4 aromatic carbocycles. The second kappa shape index (κ2) is 10.6. The van der Waals surface area contributed by atoms with Crippen LogP contribution in [-0.4, -0.2) is 0 Å². The zero-order chi connectivity index (χ0) is 23.8. The van der Waals surface area contributed by atoms with E-state index in [2.05, 4.69) is 41.3 Å². The van der Waals surface area contributed by atoms with Gasteiger partial charge in [0.2, 0.25) is 0 Å². The van der Waals surface area contributed by atoms with Gasteiger partial charge in [0.15, 0.2) is 0 Å². The van der Waals surface area contributed by atoms with Crippen molar-refractivity contribution in [1.29, 1.82) is 10.5 Å². The lowest BCUT2D eigenvalue weighted by atomic mass is 9.98. The summed E-state index contributed by atoms with van der Waals surface area (Å²) in [6, 6.07) is 40.6. The van der Waals surface area contributed by atoms with Crippen LogP contribution in [0.4, 0.5) is 17.1 Å². The van der Waals surface area contributed by atoms with Gasteiger partial charge in [0, 0.05) is 22.6 Å². The molecule has 0 aromatic heterocycles. The Kier molecular flexibility index (Phi) is 6.99. The monoisotopic (exact) mass is 437 g/mol. The third kappa shape index (κ3) is 5.13. The average molecular weight is 438 g/mol. The van der Waals surface area contributed by atoms with Crippen molar-refractivity contribution in [2.75, 3.05) is 4.90 Å². The molecule has 0 heterocycles. The molecular weight excluding hydrogens is 414 g/mol. The van der Waals surface area contributed by atoms with E-state index in [1.807, 2.05) is 104 Å². The Morgan fingerprint density at radius 1 is 0.647 bits per heavy atom. The first kappa shape index (κ1) is 22.3. The highest BCUT2D eigenvalue weighted by molar-refractivity contribution is 5.85. The first-order valence-corrected chi connectivity index (χ1v) is 11.0. The molecular formula is C31H23N3. The summed E-state index contributed by atoms with van der Waals surface area (Å²) in [5, 5.41) is 18.9. The van der Waals surface area contributed by atoms with E-state index < -0.39 is 0 Å². The molecule has 0 bridgehead atoms. The summed E-state index contributed by atoms with van der Waals surface area (Å²) < 4.78 is 0. The minimum absolute atomic E-state index is 0.0936. The maximum absolute atomic E-state index is 9.45. The third-order valence-electron chi connectivity index (χ3n) is 5.48. The molecule has 3 nitrogen and oxygen atoms in total. The largest absolute Gasteiger partial charge is 0.311 e. The Morgan fingerprint density at radius 3 is 1.65 bits per heavy atom. The van der Waals surface area contributed by atoms with Crippen LogP contribution < -0.4 is 4.90 Å². The second-order valence-corrected chi connectivity index (χ2v) is 7.81. The van der Waals surface area contributed by atoms with Crippen molar-refractivity contribution in [2.24, 2.45) is 0 Å². The zero-order valence-electron chi connectivity index (χ0n) is 18.9. The molecule has 162 valence electrons. The predicted octanol–water partition coefficient (Wildman–Crippen LogP) is 7.98. The Hall–Kier alpha value is -4.86. The summed E-state index contributed by atoms with van der Waals surface area (Å²) in [5.74, 6) is 0. The van der Waals surface area contributed by atoms with Gasteiger partial charge in [-0.3, -0.25) is 0 Å². The van der Waals surface area contributed by atoms with Crippen molar-refractivity contribution in [3.63, 3.8) is 0 Å². The lowest BCUT2D eigenvalue weighted by Crippen LogP contribution is -2.09. The highest BCUT2D eigenvalue weighted by Gasteiger charge is 2.11. The normalized spacial score (nSPS) is 10.3. The molecule has 0 N–H and O–H groups in total. The average Bonchev–Trinajstić information content (AvgIpc) is 2.89. The highest BCUT2D eigenvalue weighted by atomic mass is 15.1. The van der Waals surface area contributed by atoms with E-state index in [0.29, 0.717) is 5.57 Å². The van der Waals surface area contributed by atoms with Crippen molar-refractivity contribution < 1.29 is 0 Å². The maximum atomic E-state index is 9.45. The smallest absolute Gasteiger partial charge is 0.137 e. The number of hydrogen-bond donors (Lipinski definition) is 0. The topological polar surface area (TPSA) is 50.8 Å². The van der Waals surface area contributed by atoms with Crippen molar-refractivity contribution in [3.05, 3.63) is 138 Å². The summed E-state index contributed by atoms with van der Waals surface area (Å²) >= 11 is 0. The zero-order valence-corrected chi connectivity index (χ0v) is 18.9. The molecule has 34 heavy (non-hydrogen) atoms. The molecule has 0 atom stereocenters. The molecule has 0 aliphatic rings. The van der Waals surface area contributed by atoms with Crippen LogP contribution in [0.3, 0.4) is 0 Å². The summed E-state index contributed by atoms with van der Waals surface area (Å²) in [5.41, 5.74) is 6.85. The van der Waals surface area contributed by atoms with Crippen LogP contribution in [0, 0.1) is 29.6 Å². The summed E-state index contributed by atoms with van der Waals surface area (Å²) in [6.45, 7) is 2.01. The SMILES string of the molecule is Cc1ccc(C(/C=C/c2ccc(N(c3ccccc3)c3ccccc3)cc2)=C(C#N)C#N)cc1. The van der Waals surface area contributed by atoms with Crippen molar-refractivity contribution in [1.82, 2.24) is 0 Å². The molecule has 0 unspecified atom stereocenters. The third-order valence-corrected chi connectivity index (χ3v) is 5.48. The van der Waals surface area contributed by atoms with E-state index in [1.165, 1.54) is 0 Å². The Balaban J connectivity index is 1.67. The number of rotatable bonds is 6. The fourth-order valence-corrected chi connectivity index (χ4v) is 3.72. The number of aryl methyl sites for hydroxylation is 1. The quantitative estimate of drug-likeness (QED) is 0.227. The number of nitriles is 2. The maximum Gasteiger partial charge on any atom is 0.137 e. The van der Waals surface area contributed by atoms with Crippen LogP contribution in [-0.2, 0) is 0 Å². The van der Waals surface area contributed by atoms with Crippen LogP contribution >= 0.6 is 0 Å². The van der Waals surface area contributed by atoms with E-state index in [0.717, 1.165) is 33.8 Å². The molecule has 0 spiro atoms. The Labute approximate surface area is 200 Å². The highest BCUT2D eigenvalue weighted by Crippen LogP contribution is 2.34. The number of allylic oxidation sites excluding steroid dienone is 3. The van der Waals surface area contributed by atoms with Crippen molar-refractivity contribution >= 4 is 28.7 Å². The van der Waals surface area contributed by atoms with Gasteiger partial charge in [-0.1, -0.05) is 90.5 Å². The van der Waals surface area contributed by atoms with Gasteiger partial charge in [0.05, 0.1) is 0 Å². The Bertz CT molecular complexity index is 1330. The molecule has 3 heteroatoms. The van der Waals surface area contributed by atoms with Gasteiger partial charge in [-0.15, -0.1) is 0 Å². The van der Waals surface area contributed by atoms with Crippen LogP contribution in [0.5, 0.6) is 0 Å². The van der Waals surface area contributed by atoms with E-state index in [9.17, 15) is 10.5 Å². The molecule has 0 radical (unpaired) electrons. The number of anilines is 3. The molecule has 0 aliphatic carbocycles. The predicted molar refractivity (Wildman–Crippen MR) is 139 cm³/mol. The fraction of sp³-hybridized carbons (Fsp3) is 0.0323. The standard InChI is InChI=1S/C31H23N3/c1-24-12-17-26(18-13-24)31(27(22-32)23-33)21-16-25-14-19-30(20-15-25)34(28-8-4-2-5-9-28)29-10-6-3-7-11-29/h2-21H,1H3/b21-16+. The molecule has 0 aliphatic heterocycles. The van der Waals surface area contributed by atoms with Gasteiger partial charge < -0.3 is 4.90 Å². The molecule has 0 saturated heterocycles. The molecule has 0 fully saturated rings. The van der Waals surface area contributed by atoms with Gasteiger partial charge in [-0.05, 0) is 54.4 Å². The fourth-order valence-electron chi connectivity index (χ4n) is 3.72. The van der Waals surface area contributed by atoms with Crippen molar-refractivity contribution in [2.45, 2.75) is 6.92 Å². The van der Waals surface area contributed by atoms with Crippen LogP contribution in [0.1, 0.15) is 16.7 Å². The number of benzene rings is 4. The van der Waals surface area contributed by atoms with Crippen LogP contribution in [0.25, 0.3) is 11.6 Å². The molecule has 4 aromatic rings. The van der Waals surface area contributed by atoms with Crippen LogP contribution in [0.2, 0.25) is 0 Å². The summed E-state index contributed by atoms with van der Waals surface area (Å²) in [6.07, 6.45) is 3.77.